The number of alkyl carbamates (subject to hydrolysis) is 1. The van der Waals surface area contributed by atoms with Crippen molar-refractivity contribution in [1.29, 1.82) is 0 Å². The second-order valence-corrected chi connectivity index (χ2v) is 7.29. The molecule has 0 unspecified atom stereocenters. The van der Waals surface area contributed by atoms with Gasteiger partial charge in [0.2, 0.25) is 0 Å². The van der Waals surface area contributed by atoms with Gasteiger partial charge in [0.1, 0.15) is 18.0 Å². The van der Waals surface area contributed by atoms with Crippen molar-refractivity contribution in [1.82, 2.24) is 10.7 Å². The molecule has 0 saturated heterocycles. The van der Waals surface area contributed by atoms with Gasteiger partial charge in [-0.05, 0) is 44.5 Å². The van der Waals surface area contributed by atoms with Crippen LogP contribution in [0.4, 0.5) is 10.5 Å². The Hall–Kier alpha value is -3.82. The molecule has 0 aliphatic heterocycles. The highest BCUT2D eigenvalue weighted by Gasteiger charge is 2.16. The molecule has 10 heteroatoms. The van der Waals surface area contributed by atoms with E-state index in [1.165, 1.54) is 0 Å². The number of rotatable bonds is 7. The predicted octanol–water partition coefficient (Wildman–Crippen LogP) is 3.02. The first-order chi connectivity index (χ1) is 14.1. The van der Waals surface area contributed by atoms with Gasteiger partial charge in [-0.15, -0.1) is 0 Å². The molecule has 10 nitrogen and oxygen atoms in total. The topological polar surface area (TPSA) is 141 Å². The monoisotopic (exact) mass is 415 g/mol. The molecule has 0 radical (unpaired) electrons. The Labute approximate surface area is 174 Å². The third-order valence-corrected chi connectivity index (χ3v) is 3.56. The zero-order chi connectivity index (χ0) is 22.1. The molecule has 0 fully saturated rings. The summed E-state index contributed by atoms with van der Waals surface area (Å²) in [5.74, 6) is 0.152. The molecule has 1 amide bonds. The minimum atomic E-state index is -0.804. The van der Waals surface area contributed by atoms with Crippen molar-refractivity contribution in [3.05, 3.63) is 69.8 Å². The maximum Gasteiger partial charge on any atom is 0.407 e. The quantitative estimate of drug-likeness (QED) is 0.273. The number of nitrogens with zero attached hydrogens (tertiary/aromatic N) is 2. The van der Waals surface area contributed by atoms with E-state index >= 15 is 0 Å². The number of amides is 1. The number of hydrogen-bond acceptors (Lipinski definition) is 6. The second kappa shape index (κ2) is 10.1. The number of hydrogen-bond donors (Lipinski definition) is 3. The number of benzene rings is 2. The predicted molar refractivity (Wildman–Crippen MR) is 112 cm³/mol. The van der Waals surface area contributed by atoms with E-state index in [0.717, 1.165) is 5.56 Å². The van der Waals surface area contributed by atoms with Crippen LogP contribution in [0, 0.1) is 10.1 Å². The fraction of sp³-hybridized carbons (Fsp3) is 0.300. The van der Waals surface area contributed by atoms with Crippen molar-refractivity contribution < 1.29 is 19.3 Å². The Balaban J connectivity index is 2.19. The number of guanidine groups is 1. The van der Waals surface area contributed by atoms with Crippen LogP contribution in [0.5, 0.6) is 5.75 Å². The summed E-state index contributed by atoms with van der Waals surface area (Å²) in [5, 5.41) is 12.3. The number of nitro groups is 1. The van der Waals surface area contributed by atoms with Gasteiger partial charge >= 0.3 is 6.09 Å². The molecule has 2 aromatic carbocycles. The number of nitrogens with one attached hydrogen (secondary N) is 2. The minimum Gasteiger partial charge on any atom is -0.489 e. The molecule has 0 bridgehead atoms. The van der Waals surface area contributed by atoms with Gasteiger partial charge in [0.25, 0.3) is 5.96 Å². The molecule has 0 heterocycles. The van der Waals surface area contributed by atoms with Gasteiger partial charge in [0.15, 0.2) is 5.03 Å². The summed E-state index contributed by atoms with van der Waals surface area (Å²) < 4.78 is 11.1. The normalized spacial score (nSPS) is 11.5. The van der Waals surface area contributed by atoms with E-state index in [1.54, 1.807) is 44.4 Å². The zero-order valence-electron chi connectivity index (χ0n) is 17.0. The van der Waals surface area contributed by atoms with Crippen LogP contribution in [0.25, 0.3) is 0 Å². The molecule has 160 valence electrons. The lowest BCUT2D eigenvalue weighted by Gasteiger charge is -2.20. The van der Waals surface area contributed by atoms with Crippen LogP contribution in [0.2, 0.25) is 0 Å². The maximum absolute atomic E-state index is 12.0. The summed E-state index contributed by atoms with van der Waals surface area (Å²) in [7, 11) is 0. The second-order valence-electron chi connectivity index (χ2n) is 7.29. The average Bonchev–Trinajstić information content (AvgIpc) is 2.64. The number of nitrogens with two attached hydrogens (primary N) is 1. The Bertz CT molecular complexity index is 910. The van der Waals surface area contributed by atoms with E-state index in [2.05, 4.69) is 10.3 Å². The van der Waals surface area contributed by atoms with E-state index in [-0.39, 0.29) is 12.5 Å². The summed E-state index contributed by atoms with van der Waals surface area (Å²) >= 11 is 0. The highest BCUT2D eigenvalue weighted by molar-refractivity contribution is 5.80. The molecule has 0 aliphatic carbocycles. The van der Waals surface area contributed by atoms with Gasteiger partial charge in [0.05, 0.1) is 5.69 Å². The maximum atomic E-state index is 12.0. The molecular weight excluding hydrogens is 390 g/mol. The van der Waals surface area contributed by atoms with Gasteiger partial charge < -0.3 is 20.5 Å². The van der Waals surface area contributed by atoms with Crippen molar-refractivity contribution in [2.75, 3.05) is 0 Å². The van der Waals surface area contributed by atoms with Crippen molar-refractivity contribution in [3.8, 4) is 5.75 Å². The molecule has 0 spiro atoms. The van der Waals surface area contributed by atoms with E-state index < -0.39 is 16.7 Å². The fourth-order valence-electron chi connectivity index (χ4n) is 2.39. The summed E-state index contributed by atoms with van der Waals surface area (Å²) in [6, 6.07) is 14.5. The highest BCUT2D eigenvalue weighted by atomic mass is 16.7. The van der Waals surface area contributed by atoms with Gasteiger partial charge in [-0.2, -0.15) is 0 Å². The Morgan fingerprint density at radius 1 is 1.20 bits per heavy atom. The lowest BCUT2D eigenvalue weighted by molar-refractivity contribution is -0.525. The number of carbonyl (C=O) groups excluding carboxylic acids is 1. The summed E-state index contributed by atoms with van der Waals surface area (Å²) in [6.07, 6.45) is -0.583. The molecule has 30 heavy (non-hydrogen) atoms. The van der Waals surface area contributed by atoms with Crippen LogP contribution in [0.3, 0.4) is 0 Å². The van der Waals surface area contributed by atoms with Crippen LogP contribution in [0.1, 0.15) is 31.9 Å². The first-order valence-electron chi connectivity index (χ1n) is 9.14. The number of ether oxygens (including phenoxy) is 2. The van der Waals surface area contributed by atoms with Crippen LogP contribution in [-0.2, 0) is 17.9 Å². The largest absolute Gasteiger partial charge is 0.489 e. The van der Waals surface area contributed by atoms with Crippen LogP contribution in [-0.4, -0.2) is 22.7 Å². The molecule has 0 aliphatic rings. The molecule has 4 N–H and O–H groups in total. The number of aliphatic imine (C=N–C) groups is 1. The lowest BCUT2D eigenvalue weighted by atomic mass is 10.1. The van der Waals surface area contributed by atoms with Crippen LogP contribution < -0.4 is 21.2 Å². The standard InChI is InChI=1S/C20H25N5O5/c1-20(2,3)30-19(26)22-12-15-11-16(23-18(21)24-25(27)28)9-10-17(15)29-13-14-7-5-4-6-8-14/h4-11H,12-13H2,1-3H3,(H,22,26)(H3,21,23,24). The fourth-order valence-corrected chi connectivity index (χ4v) is 2.39. The van der Waals surface area contributed by atoms with E-state index in [0.29, 0.717) is 23.6 Å². The van der Waals surface area contributed by atoms with Crippen molar-refractivity contribution >= 4 is 17.7 Å². The van der Waals surface area contributed by atoms with E-state index in [9.17, 15) is 14.9 Å². The first-order valence-corrected chi connectivity index (χ1v) is 9.14. The van der Waals surface area contributed by atoms with Crippen molar-refractivity contribution in [2.45, 2.75) is 39.5 Å². The third-order valence-electron chi connectivity index (χ3n) is 3.56. The molecule has 0 aromatic heterocycles. The highest BCUT2D eigenvalue weighted by Crippen LogP contribution is 2.25. The third kappa shape index (κ3) is 8.05. The van der Waals surface area contributed by atoms with Crippen molar-refractivity contribution in [3.63, 3.8) is 0 Å². The number of hydrazine groups is 1. The van der Waals surface area contributed by atoms with E-state index in [1.807, 2.05) is 30.3 Å². The molecule has 0 atom stereocenters. The summed E-state index contributed by atoms with van der Waals surface area (Å²) in [6.45, 7) is 5.73. The molecule has 0 saturated carbocycles. The van der Waals surface area contributed by atoms with Gasteiger partial charge in [0, 0.05) is 12.1 Å². The summed E-state index contributed by atoms with van der Waals surface area (Å²) in [4.78, 5) is 26.4. The molecule has 2 rings (SSSR count). The van der Waals surface area contributed by atoms with Gasteiger partial charge in [-0.25, -0.2) is 19.9 Å². The first kappa shape index (κ1) is 22.5. The SMILES string of the molecule is CC(C)(C)OC(=O)NCc1cc(N=C(N)N[N+](=O)[O-])ccc1OCc1ccccc1. The smallest absolute Gasteiger partial charge is 0.407 e. The Morgan fingerprint density at radius 3 is 2.53 bits per heavy atom. The average molecular weight is 415 g/mol. The van der Waals surface area contributed by atoms with Gasteiger partial charge in [-0.3, -0.25) is 0 Å². The Morgan fingerprint density at radius 2 is 1.90 bits per heavy atom. The minimum absolute atomic E-state index is 0.102. The molecular formula is C20H25N5O5. The van der Waals surface area contributed by atoms with Crippen LogP contribution in [0.15, 0.2) is 53.5 Å². The van der Waals surface area contributed by atoms with E-state index in [4.69, 9.17) is 15.2 Å². The zero-order valence-corrected chi connectivity index (χ0v) is 17.0. The van der Waals surface area contributed by atoms with Gasteiger partial charge in [-0.1, -0.05) is 35.8 Å². The van der Waals surface area contributed by atoms with Crippen LogP contribution >= 0.6 is 0 Å². The molecule has 2 aromatic rings. The Kier molecular flexibility index (Phi) is 7.56. The number of carbonyl (C=O) groups is 1. The lowest BCUT2D eigenvalue weighted by Crippen LogP contribution is -2.35. The summed E-state index contributed by atoms with van der Waals surface area (Å²) in [5.41, 5.74) is 8.58. The van der Waals surface area contributed by atoms with Crippen molar-refractivity contribution in [2.24, 2.45) is 10.7 Å².